The first-order chi connectivity index (χ1) is 12.9. The summed E-state index contributed by atoms with van der Waals surface area (Å²) < 4.78 is 15.7. The SMILES string of the molecule is Cc1ccc(F)cc1CC(=O)N1CCC[C@@H](c2nccn2CCN(C)C)C1. The van der Waals surface area contributed by atoms with Crippen molar-refractivity contribution in [1.29, 1.82) is 0 Å². The Hall–Kier alpha value is -2.21. The highest BCUT2D eigenvalue weighted by Gasteiger charge is 2.27. The van der Waals surface area contributed by atoms with Crippen molar-refractivity contribution in [2.75, 3.05) is 33.7 Å². The molecular weight excluding hydrogens is 343 g/mol. The van der Waals surface area contributed by atoms with Crippen LogP contribution >= 0.6 is 0 Å². The summed E-state index contributed by atoms with van der Waals surface area (Å²) in [7, 11) is 4.12. The van der Waals surface area contributed by atoms with Gasteiger partial charge in [0, 0.05) is 44.5 Å². The fourth-order valence-corrected chi connectivity index (χ4v) is 3.70. The van der Waals surface area contributed by atoms with Crippen LogP contribution in [0, 0.1) is 12.7 Å². The Morgan fingerprint density at radius 1 is 1.37 bits per heavy atom. The number of likely N-dealkylation sites (tertiary alicyclic amines) is 1. The lowest BCUT2D eigenvalue weighted by molar-refractivity contribution is -0.131. The molecule has 1 atom stereocenters. The van der Waals surface area contributed by atoms with E-state index in [4.69, 9.17) is 0 Å². The summed E-state index contributed by atoms with van der Waals surface area (Å²) in [6, 6.07) is 4.65. The number of hydrogen-bond donors (Lipinski definition) is 0. The third-order valence-corrected chi connectivity index (χ3v) is 5.33. The molecule has 1 aliphatic heterocycles. The second-order valence-corrected chi connectivity index (χ2v) is 7.71. The van der Waals surface area contributed by atoms with Gasteiger partial charge in [0.25, 0.3) is 0 Å². The van der Waals surface area contributed by atoms with E-state index in [0.717, 1.165) is 49.4 Å². The Bertz CT molecular complexity index is 786. The lowest BCUT2D eigenvalue weighted by Gasteiger charge is -2.33. The summed E-state index contributed by atoms with van der Waals surface area (Å²) >= 11 is 0. The van der Waals surface area contributed by atoms with Gasteiger partial charge in [-0.2, -0.15) is 0 Å². The molecule has 0 N–H and O–H groups in total. The number of aromatic nitrogens is 2. The lowest BCUT2D eigenvalue weighted by Crippen LogP contribution is -2.40. The minimum atomic E-state index is -0.289. The van der Waals surface area contributed by atoms with E-state index in [9.17, 15) is 9.18 Å². The highest BCUT2D eigenvalue weighted by molar-refractivity contribution is 5.79. The van der Waals surface area contributed by atoms with E-state index in [-0.39, 0.29) is 24.1 Å². The normalized spacial score (nSPS) is 17.5. The fraction of sp³-hybridized carbons (Fsp3) is 0.524. The topological polar surface area (TPSA) is 41.4 Å². The van der Waals surface area contributed by atoms with Gasteiger partial charge in [0.05, 0.1) is 6.42 Å². The maximum absolute atomic E-state index is 13.5. The van der Waals surface area contributed by atoms with Crippen molar-refractivity contribution in [3.8, 4) is 0 Å². The minimum absolute atomic E-state index is 0.0693. The van der Waals surface area contributed by atoms with Gasteiger partial charge in [-0.05, 0) is 57.1 Å². The van der Waals surface area contributed by atoms with Gasteiger partial charge in [-0.3, -0.25) is 4.79 Å². The van der Waals surface area contributed by atoms with E-state index in [1.54, 1.807) is 6.07 Å². The van der Waals surface area contributed by atoms with Crippen LogP contribution in [-0.2, 0) is 17.8 Å². The second-order valence-electron chi connectivity index (χ2n) is 7.71. The van der Waals surface area contributed by atoms with Crippen LogP contribution in [-0.4, -0.2) is 59.0 Å². The Balaban J connectivity index is 1.66. The van der Waals surface area contributed by atoms with Crippen molar-refractivity contribution in [2.45, 2.75) is 38.6 Å². The lowest BCUT2D eigenvalue weighted by atomic mass is 9.96. The van der Waals surface area contributed by atoms with Gasteiger partial charge in [0.2, 0.25) is 5.91 Å². The van der Waals surface area contributed by atoms with E-state index < -0.39 is 0 Å². The Morgan fingerprint density at radius 3 is 2.96 bits per heavy atom. The second kappa shape index (κ2) is 8.65. The molecule has 1 aliphatic rings. The number of hydrogen-bond acceptors (Lipinski definition) is 3. The number of rotatable bonds is 6. The van der Waals surface area contributed by atoms with E-state index >= 15 is 0 Å². The molecule has 3 rings (SSSR count). The number of carbonyl (C=O) groups excluding carboxylic acids is 1. The zero-order valence-corrected chi connectivity index (χ0v) is 16.5. The quantitative estimate of drug-likeness (QED) is 0.783. The summed E-state index contributed by atoms with van der Waals surface area (Å²) in [6.07, 6.45) is 6.14. The molecule has 0 aliphatic carbocycles. The molecule has 0 bridgehead atoms. The van der Waals surface area contributed by atoms with Crippen LogP contribution in [0.25, 0.3) is 0 Å². The van der Waals surface area contributed by atoms with Gasteiger partial charge < -0.3 is 14.4 Å². The molecule has 0 radical (unpaired) electrons. The average Bonchev–Trinajstić information content (AvgIpc) is 3.12. The first kappa shape index (κ1) is 19.5. The molecule has 1 amide bonds. The molecule has 0 spiro atoms. The van der Waals surface area contributed by atoms with E-state index in [1.807, 2.05) is 24.2 Å². The average molecular weight is 372 g/mol. The molecule has 6 heteroatoms. The van der Waals surface area contributed by atoms with Crippen molar-refractivity contribution in [1.82, 2.24) is 19.4 Å². The third kappa shape index (κ3) is 4.95. The minimum Gasteiger partial charge on any atom is -0.342 e. The van der Waals surface area contributed by atoms with Crippen molar-refractivity contribution in [3.05, 3.63) is 53.4 Å². The number of amides is 1. The summed E-state index contributed by atoms with van der Waals surface area (Å²) in [5, 5.41) is 0. The predicted octanol–water partition coefficient (Wildman–Crippen LogP) is 2.84. The van der Waals surface area contributed by atoms with Crippen molar-refractivity contribution < 1.29 is 9.18 Å². The van der Waals surface area contributed by atoms with Crippen LogP contribution < -0.4 is 0 Å². The predicted molar refractivity (Wildman–Crippen MR) is 104 cm³/mol. The van der Waals surface area contributed by atoms with E-state index in [1.165, 1.54) is 12.1 Å². The van der Waals surface area contributed by atoms with Crippen LogP contribution in [0.2, 0.25) is 0 Å². The van der Waals surface area contributed by atoms with Gasteiger partial charge in [-0.15, -0.1) is 0 Å². The highest BCUT2D eigenvalue weighted by atomic mass is 19.1. The summed E-state index contributed by atoms with van der Waals surface area (Å²) in [4.78, 5) is 21.5. The van der Waals surface area contributed by atoms with E-state index in [2.05, 4.69) is 28.5 Å². The van der Waals surface area contributed by atoms with Crippen molar-refractivity contribution in [3.63, 3.8) is 0 Å². The van der Waals surface area contributed by atoms with Crippen molar-refractivity contribution in [2.24, 2.45) is 0 Å². The highest BCUT2D eigenvalue weighted by Crippen LogP contribution is 2.26. The fourth-order valence-electron chi connectivity index (χ4n) is 3.70. The Morgan fingerprint density at radius 2 is 2.19 bits per heavy atom. The Labute approximate surface area is 160 Å². The summed E-state index contributed by atoms with van der Waals surface area (Å²) in [6.45, 7) is 5.23. The zero-order chi connectivity index (χ0) is 19.4. The number of halogens is 1. The summed E-state index contributed by atoms with van der Waals surface area (Å²) in [5.74, 6) is 1.10. The van der Waals surface area contributed by atoms with Crippen LogP contribution in [0.15, 0.2) is 30.6 Å². The molecule has 5 nitrogen and oxygen atoms in total. The number of imidazole rings is 1. The molecule has 0 unspecified atom stereocenters. The molecule has 27 heavy (non-hydrogen) atoms. The van der Waals surface area contributed by atoms with Crippen molar-refractivity contribution >= 4 is 5.91 Å². The monoisotopic (exact) mass is 372 g/mol. The molecule has 0 saturated carbocycles. The summed E-state index contributed by atoms with van der Waals surface area (Å²) in [5.41, 5.74) is 1.73. The molecule has 2 heterocycles. The molecule has 1 saturated heterocycles. The van der Waals surface area contributed by atoms with E-state index in [0.29, 0.717) is 6.54 Å². The van der Waals surface area contributed by atoms with Gasteiger partial charge in [-0.25, -0.2) is 9.37 Å². The Kier molecular flexibility index (Phi) is 6.26. The smallest absolute Gasteiger partial charge is 0.227 e. The van der Waals surface area contributed by atoms with Crippen LogP contribution in [0.1, 0.15) is 35.7 Å². The molecule has 146 valence electrons. The molecular formula is C21H29FN4O. The molecule has 2 aromatic rings. The number of carbonyl (C=O) groups is 1. The maximum atomic E-state index is 13.5. The van der Waals surface area contributed by atoms with Crippen LogP contribution in [0.5, 0.6) is 0 Å². The standard InChI is InChI=1S/C21H29FN4O/c1-16-6-7-19(22)13-18(16)14-20(27)26-9-4-5-17(15-26)21-23-8-10-25(21)12-11-24(2)3/h6-8,10,13,17H,4-5,9,11-12,14-15H2,1-3H3/t17-/m1/s1. The first-order valence-corrected chi connectivity index (χ1v) is 9.62. The van der Waals surface area contributed by atoms with Gasteiger partial charge in [-0.1, -0.05) is 6.07 Å². The van der Waals surface area contributed by atoms with Crippen LogP contribution in [0.3, 0.4) is 0 Å². The van der Waals surface area contributed by atoms with Gasteiger partial charge >= 0.3 is 0 Å². The largest absolute Gasteiger partial charge is 0.342 e. The number of benzene rings is 1. The number of aryl methyl sites for hydroxylation is 1. The molecule has 1 fully saturated rings. The van der Waals surface area contributed by atoms with Gasteiger partial charge in [0.15, 0.2) is 0 Å². The zero-order valence-electron chi connectivity index (χ0n) is 16.5. The number of likely N-dealkylation sites (N-methyl/N-ethyl adjacent to an activating group) is 1. The van der Waals surface area contributed by atoms with Crippen LogP contribution in [0.4, 0.5) is 4.39 Å². The number of nitrogens with zero attached hydrogens (tertiary/aromatic N) is 4. The first-order valence-electron chi connectivity index (χ1n) is 9.62. The molecule has 1 aromatic heterocycles. The maximum Gasteiger partial charge on any atom is 0.227 e. The number of piperidine rings is 1. The van der Waals surface area contributed by atoms with Gasteiger partial charge in [0.1, 0.15) is 11.6 Å². The molecule has 1 aromatic carbocycles. The third-order valence-electron chi connectivity index (χ3n) is 5.33.